The number of methoxy groups -OCH3 is 2. The summed E-state index contributed by atoms with van der Waals surface area (Å²) in [5.74, 6) is -1.21. The zero-order valence-electron chi connectivity index (χ0n) is 14.4. The van der Waals surface area contributed by atoms with Gasteiger partial charge < -0.3 is 24.8 Å². The summed E-state index contributed by atoms with van der Waals surface area (Å²) in [5.41, 5.74) is 0.310. The third kappa shape index (κ3) is 6.25. The fourth-order valence-electron chi connectivity index (χ4n) is 1.84. The van der Waals surface area contributed by atoms with Crippen LogP contribution in [0.15, 0.2) is 36.0 Å². The van der Waals surface area contributed by atoms with Gasteiger partial charge in [-0.15, -0.1) is 0 Å². The van der Waals surface area contributed by atoms with Crippen molar-refractivity contribution in [2.45, 2.75) is 13.2 Å². The molecule has 0 heterocycles. The number of rotatable bonds is 9. The lowest BCUT2D eigenvalue weighted by molar-refractivity contribution is -0.112. The number of ether oxygens (including phenoxy) is 3. The van der Waals surface area contributed by atoms with Crippen LogP contribution in [0.25, 0.3) is 0 Å². The topological polar surface area (TPSA) is 110 Å². The van der Waals surface area contributed by atoms with Gasteiger partial charge >= 0.3 is 5.97 Å². The average Bonchev–Trinajstić information content (AvgIpc) is 2.62. The summed E-state index contributed by atoms with van der Waals surface area (Å²) in [6.07, 6.45) is 0.747. The van der Waals surface area contributed by atoms with E-state index in [1.54, 1.807) is 31.2 Å². The molecule has 0 spiro atoms. The Labute approximate surface area is 146 Å². The van der Waals surface area contributed by atoms with Gasteiger partial charge in [0, 0.05) is 20.4 Å². The van der Waals surface area contributed by atoms with Crippen molar-refractivity contribution < 1.29 is 23.8 Å². The monoisotopic (exact) mass is 347 g/mol. The van der Waals surface area contributed by atoms with Crippen molar-refractivity contribution in [2.75, 3.05) is 32.7 Å². The van der Waals surface area contributed by atoms with Gasteiger partial charge in [-0.25, -0.2) is 4.79 Å². The van der Waals surface area contributed by atoms with Gasteiger partial charge in [-0.3, -0.25) is 4.79 Å². The Bertz CT molecular complexity index is 662. The highest BCUT2D eigenvalue weighted by Gasteiger charge is 2.16. The molecule has 25 heavy (non-hydrogen) atoms. The van der Waals surface area contributed by atoms with E-state index in [9.17, 15) is 9.59 Å². The normalized spacial score (nSPS) is 10.9. The van der Waals surface area contributed by atoms with Crippen LogP contribution in [0.4, 0.5) is 5.69 Å². The molecule has 1 rings (SSSR count). The van der Waals surface area contributed by atoms with Crippen LogP contribution in [-0.2, 0) is 19.0 Å². The van der Waals surface area contributed by atoms with Gasteiger partial charge in [-0.05, 0) is 19.1 Å². The number of esters is 1. The smallest absolute Gasteiger partial charge is 0.340 e. The first-order chi connectivity index (χ1) is 12.1. The quantitative estimate of drug-likeness (QED) is 0.301. The Morgan fingerprint density at radius 1 is 1.28 bits per heavy atom. The summed E-state index contributed by atoms with van der Waals surface area (Å²) in [7, 11) is 2.95. The molecule has 0 bridgehead atoms. The molecular weight excluding hydrogens is 326 g/mol. The van der Waals surface area contributed by atoms with Gasteiger partial charge in [0.15, 0.2) is 6.29 Å². The minimum atomic E-state index is -0.655. The first-order valence-corrected chi connectivity index (χ1v) is 7.54. The molecule has 2 N–H and O–H groups in total. The molecule has 1 amide bonds. The maximum absolute atomic E-state index is 12.2. The number of nitrogens with one attached hydrogen (secondary N) is 2. The van der Waals surface area contributed by atoms with Crippen LogP contribution in [0.2, 0.25) is 0 Å². The van der Waals surface area contributed by atoms with E-state index >= 15 is 0 Å². The van der Waals surface area contributed by atoms with Crippen molar-refractivity contribution in [1.29, 1.82) is 5.26 Å². The van der Waals surface area contributed by atoms with Crippen LogP contribution >= 0.6 is 0 Å². The minimum absolute atomic E-state index is 0.162. The third-order valence-corrected chi connectivity index (χ3v) is 3.09. The van der Waals surface area contributed by atoms with E-state index in [2.05, 4.69) is 10.6 Å². The summed E-state index contributed by atoms with van der Waals surface area (Å²) < 4.78 is 14.9. The van der Waals surface area contributed by atoms with Crippen LogP contribution in [0.5, 0.6) is 0 Å². The standard InChI is InChI=1S/C17H21N3O5/c1-4-25-17(22)13-7-5-6-8-14(13)20-16(21)12(9-18)10-19-11-15(23-2)24-3/h5-8,10,15,19H,4,11H2,1-3H3,(H,20,21)/b12-10-. The molecule has 0 saturated carbocycles. The Morgan fingerprint density at radius 2 is 1.96 bits per heavy atom. The Hall–Kier alpha value is -2.89. The molecule has 8 nitrogen and oxygen atoms in total. The first kappa shape index (κ1) is 20.2. The summed E-state index contributed by atoms with van der Waals surface area (Å²) in [6, 6.07) is 8.19. The number of benzene rings is 1. The van der Waals surface area contributed by atoms with Gasteiger partial charge in [0.1, 0.15) is 11.6 Å². The molecule has 1 aromatic rings. The van der Waals surface area contributed by atoms with E-state index in [-0.39, 0.29) is 30.0 Å². The second kappa shape index (κ2) is 10.8. The Morgan fingerprint density at radius 3 is 2.56 bits per heavy atom. The van der Waals surface area contributed by atoms with Gasteiger partial charge in [-0.1, -0.05) is 12.1 Å². The summed E-state index contributed by atoms with van der Waals surface area (Å²) in [4.78, 5) is 24.1. The van der Waals surface area contributed by atoms with E-state index in [1.807, 2.05) is 0 Å². The molecule has 0 aromatic heterocycles. The molecule has 0 aliphatic heterocycles. The van der Waals surface area contributed by atoms with Crippen molar-refractivity contribution in [3.63, 3.8) is 0 Å². The van der Waals surface area contributed by atoms with Gasteiger partial charge in [-0.2, -0.15) is 5.26 Å². The number of hydrogen-bond acceptors (Lipinski definition) is 7. The molecule has 0 unspecified atom stereocenters. The van der Waals surface area contributed by atoms with Crippen LogP contribution in [0, 0.1) is 11.3 Å². The van der Waals surface area contributed by atoms with Crippen molar-refractivity contribution in [3.8, 4) is 6.07 Å². The van der Waals surface area contributed by atoms with Gasteiger partial charge in [0.2, 0.25) is 0 Å². The largest absolute Gasteiger partial charge is 0.462 e. The van der Waals surface area contributed by atoms with Crippen molar-refractivity contribution in [3.05, 3.63) is 41.6 Å². The summed E-state index contributed by atoms with van der Waals surface area (Å²) in [5, 5.41) is 14.5. The first-order valence-electron chi connectivity index (χ1n) is 7.54. The maximum Gasteiger partial charge on any atom is 0.340 e. The Kier molecular flexibility index (Phi) is 8.71. The van der Waals surface area contributed by atoms with Crippen molar-refractivity contribution in [2.24, 2.45) is 0 Å². The number of carbonyl (C=O) groups is 2. The molecule has 0 aliphatic carbocycles. The highest BCUT2D eigenvalue weighted by Crippen LogP contribution is 2.17. The number of anilines is 1. The molecule has 1 aromatic carbocycles. The van der Waals surface area contributed by atoms with Crippen LogP contribution in [-0.4, -0.2) is 45.5 Å². The lowest BCUT2D eigenvalue weighted by atomic mass is 10.1. The molecule has 8 heteroatoms. The fourth-order valence-corrected chi connectivity index (χ4v) is 1.84. The number of amides is 1. The number of carbonyl (C=O) groups excluding carboxylic acids is 2. The number of nitrogens with zero attached hydrogens (tertiary/aromatic N) is 1. The molecule has 0 aliphatic rings. The zero-order chi connectivity index (χ0) is 18.7. The molecular formula is C17H21N3O5. The second-order valence-electron chi connectivity index (χ2n) is 4.70. The molecule has 0 atom stereocenters. The predicted octanol–water partition coefficient (Wildman–Crippen LogP) is 1.42. The summed E-state index contributed by atoms with van der Waals surface area (Å²) >= 11 is 0. The van der Waals surface area contributed by atoms with E-state index in [4.69, 9.17) is 19.5 Å². The van der Waals surface area contributed by atoms with Crippen molar-refractivity contribution in [1.82, 2.24) is 5.32 Å². The lowest BCUT2D eigenvalue weighted by Crippen LogP contribution is -2.27. The summed E-state index contributed by atoms with van der Waals surface area (Å²) in [6.45, 7) is 2.16. The van der Waals surface area contributed by atoms with Gasteiger partial charge in [0.05, 0.1) is 24.4 Å². The van der Waals surface area contributed by atoms with E-state index in [0.717, 1.165) is 0 Å². The van der Waals surface area contributed by atoms with Crippen LogP contribution < -0.4 is 10.6 Å². The molecule has 0 saturated heterocycles. The molecule has 0 fully saturated rings. The third-order valence-electron chi connectivity index (χ3n) is 3.09. The van der Waals surface area contributed by atoms with Gasteiger partial charge in [0.25, 0.3) is 5.91 Å². The van der Waals surface area contributed by atoms with E-state index in [0.29, 0.717) is 0 Å². The highest BCUT2D eigenvalue weighted by molar-refractivity contribution is 6.09. The minimum Gasteiger partial charge on any atom is -0.462 e. The maximum atomic E-state index is 12.2. The molecule has 134 valence electrons. The lowest BCUT2D eigenvalue weighted by Gasteiger charge is -2.13. The number of nitriles is 1. The molecule has 0 radical (unpaired) electrons. The van der Waals surface area contributed by atoms with Crippen LogP contribution in [0.1, 0.15) is 17.3 Å². The van der Waals surface area contributed by atoms with E-state index < -0.39 is 18.2 Å². The van der Waals surface area contributed by atoms with Crippen molar-refractivity contribution >= 4 is 17.6 Å². The zero-order valence-corrected chi connectivity index (χ0v) is 14.4. The second-order valence-corrected chi connectivity index (χ2v) is 4.70. The predicted molar refractivity (Wildman–Crippen MR) is 90.5 cm³/mol. The Balaban J connectivity index is 2.83. The highest BCUT2D eigenvalue weighted by atomic mass is 16.7. The SMILES string of the molecule is CCOC(=O)c1ccccc1NC(=O)/C(C#N)=C\NCC(OC)OC. The number of para-hydroxylation sites is 1. The van der Waals surface area contributed by atoms with Crippen LogP contribution in [0.3, 0.4) is 0 Å². The average molecular weight is 347 g/mol. The fraction of sp³-hybridized carbons (Fsp3) is 0.353. The number of hydrogen-bond donors (Lipinski definition) is 2. The van der Waals surface area contributed by atoms with E-state index in [1.165, 1.54) is 26.5 Å².